The fourth-order valence-electron chi connectivity index (χ4n) is 3.49. The van der Waals surface area contributed by atoms with E-state index in [9.17, 15) is 4.79 Å². The van der Waals surface area contributed by atoms with E-state index in [1.54, 1.807) is 0 Å². The molecule has 4 heteroatoms. The van der Waals surface area contributed by atoms with E-state index in [0.717, 1.165) is 30.0 Å². The Balaban J connectivity index is 1.51. The van der Waals surface area contributed by atoms with Crippen LogP contribution in [0.15, 0.2) is 54.6 Å². The maximum Gasteiger partial charge on any atom is 0.223 e. The molecule has 1 amide bonds. The number of rotatable bonds is 10. The summed E-state index contributed by atoms with van der Waals surface area (Å²) in [6.45, 7) is 3.64. The minimum absolute atomic E-state index is 0.145. The largest absolute Gasteiger partial charge is 0.489 e. The van der Waals surface area contributed by atoms with Crippen LogP contribution in [0.3, 0.4) is 0 Å². The summed E-state index contributed by atoms with van der Waals surface area (Å²) >= 11 is 1.86. The predicted molar refractivity (Wildman–Crippen MR) is 118 cm³/mol. The highest BCUT2D eigenvalue weighted by molar-refractivity contribution is 7.99. The van der Waals surface area contributed by atoms with Crippen LogP contribution in [0.1, 0.15) is 61.9 Å². The van der Waals surface area contributed by atoms with Crippen LogP contribution in [-0.2, 0) is 11.4 Å². The monoisotopic (exact) mass is 397 g/mol. The summed E-state index contributed by atoms with van der Waals surface area (Å²) in [5, 5.41) is 0.145. The van der Waals surface area contributed by atoms with Gasteiger partial charge in [0.2, 0.25) is 5.91 Å². The molecular formula is C24H31NO2S. The SMILES string of the molecule is CCCCCCCC(=O)N1CCSC1c1ccc(OCc2ccccc2)cc1. The van der Waals surface area contributed by atoms with Crippen LogP contribution in [0.25, 0.3) is 0 Å². The number of amides is 1. The van der Waals surface area contributed by atoms with Crippen molar-refractivity contribution in [2.24, 2.45) is 0 Å². The lowest BCUT2D eigenvalue weighted by Crippen LogP contribution is -2.30. The van der Waals surface area contributed by atoms with Crippen molar-refractivity contribution in [2.75, 3.05) is 12.3 Å². The zero-order valence-corrected chi connectivity index (χ0v) is 17.6. The van der Waals surface area contributed by atoms with Gasteiger partial charge in [-0.25, -0.2) is 0 Å². The zero-order chi connectivity index (χ0) is 19.6. The number of unbranched alkanes of at least 4 members (excludes halogenated alkanes) is 4. The Bertz CT molecular complexity index is 717. The topological polar surface area (TPSA) is 29.5 Å². The van der Waals surface area contributed by atoms with Crippen molar-refractivity contribution in [1.82, 2.24) is 4.90 Å². The van der Waals surface area contributed by atoms with Crippen molar-refractivity contribution in [2.45, 2.75) is 57.4 Å². The van der Waals surface area contributed by atoms with Gasteiger partial charge in [0.15, 0.2) is 0 Å². The molecule has 0 radical (unpaired) electrons. The molecule has 3 rings (SSSR count). The second-order valence-corrected chi connectivity index (χ2v) is 8.51. The van der Waals surface area contributed by atoms with Gasteiger partial charge in [-0.05, 0) is 29.7 Å². The lowest BCUT2D eigenvalue weighted by molar-refractivity contribution is -0.131. The third-order valence-corrected chi connectivity index (χ3v) is 6.38. The first kappa shape index (κ1) is 20.8. The van der Waals surface area contributed by atoms with Gasteiger partial charge >= 0.3 is 0 Å². The molecule has 0 N–H and O–H groups in total. The van der Waals surface area contributed by atoms with E-state index in [1.807, 2.05) is 42.1 Å². The molecule has 3 nitrogen and oxygen atoms in total. The van der Waals surface area contributed by atoms with Crippen LogP contribution in [0.2, 0.25) is 0 Å². The van der Waals surface area contributed by atoms with Gasteiger partial charge in [-0.2, -0.15) is 0 Å². The van der Waals surface area contributed by atoms with Crippen molar-refractivity contribution >= 4 is 17.7 Å². The fourth-order valence-corrected chi connectivity index (χ4v) is 4.77. The molecule has 28 heavy (non-hydrogen) atoms. The maximum absolute atomic E-state index is 12.7. The van der Waals surface area contributed by atoms with Crippen LogP contribution >= 0.6 is 11.8 Å². The number of nitrogens with zero attached hydrogens (tertiary/aromatic N) is 1. The minimum Gasteiger partial charge on any atom is -0.489 e. The lowest BCUT2D eigenvalue weighted by Gasteiger charge is -2.24. The summed E-state index contributed by atoms with van der Waals surface area (Å²) in [7, 11) is 0. The molecule has 1 aliphatic heterocycles. The lowest BCUT2D eigenvalue weighted by atomic mass is 10.1. The molecule has 1 unspecified atom stereocenters. The van der Waals surface area contributed by atoms with Crippen molar-refractivity contribution in [3.05, 3.63) is 65.7 Å². The highest BCUT2D eigenvalue weighted by Crippen LogP contribution is 2.38. The molecule has 1 aliphatic rings. The molecule has 0 saturated carbocycles. The van der Waals surface area contributed by atoms with Crippen LogP contribution in [-0.4, -0.2) is 23.1 Å². The Morgan fingerprint density at radius 1 is 1.04 bits per heavy atom. The van der Waals surface area contributed by atoms with E-state index in [4.69, 9.17) is 4.74 Å². The number of carbonyl (C=O) groups is 1. The van der Waals surface area contributed by atoms with E-state index in [1.165, 1.54) is 31.2 Å². The molecule has 0 bridgehead atoms. The molecule has 1 atom stereocenters. The third kappa shape index (κ3) is 6.03. The van der Waals surface area contributed by atoms with Gasteiger partial charge in [-0.3, -0.25) is 4.79 Å². The summed E-state index contributed by atoms with van der Waals surface area (Å²) in [5.74, 6) is 2.18. The summed E-state index contributed by atoms with van der Waals surface area (Å²) in [4.78, 5) is 14.7. The summed E-state index contributed by atoms with van der Waals surface area (Å²) < 4.78 is 5.88. The Morgan fingerprint density at radius 3 is 2.54 bits per heavy atom. The maximum atomic E-state index is 12.7. The second-order valence-electron chi connectivity index (χ2n) is 7.32. The molecule has 0 aliphatic carbocycles. The van der Waals surface area contributed by atoms with Gasteiger partial charge in [-0.15, -0.1) is 11.8 Å². The van der Waals surface area contributed by atoms with Crippen molar-refractivity contribution < 1.29 is 9.53 Å². The smallest absolute Gasteiger partial charge is 0.223 e. The van der Waals surface area contributed by atoms with Crippen LogP contribution in [0, 0.1) is 0 Å². The summed E-state index contributed by atoms with van der Waals surface area (Å²) in [6, 6.07) is 18.4. The average molecular weight is 398 g/mol. The summed E-state index contributed by atoms with van der Waals surface area (Å²) in [5.41, 5.74) is 2.35. The molecule has 2 aromatic carbocycles. The van der Waals surface area contributed by atoms with Gasteiger partial charge in [0.1, 0.15) is 17.7 Å². The van der Waals surface area contributed by atoms with Gasteiger partial charge in [0.05, 0.1) is 0 Å². The first-order chi connectivity index (χ1) is 13.8. The van der Waals surface area contributed by atoms with E-state index in [0.29, 0.717) is 18.9 Å². The number of ether oxygens (including phenoxy) is 1. The molecule has 1 fully saturated rings. The molecular weight excluding hydrogens is 366 g/mol. The van der Waals surface area contributed by atoms with Crippen molar-refractivity contribution in [3.63, 3.8) is 0 Å². The highest BCUT2D eigenvalue weighted by atomic mass is 32.2. The van der Waals surface area contributed by atoms with E-state index in [2.05, 4.69) is 36.1 Å². The number of thioether (sulfide) groups is 1. The van der Waals surface area contributed by atoms with Gasteiger partial charge in [0, 0.05) is 18.7 Å². The van der Waals surface area contributed by atoms with Crippen molar-refractivity contribution in [1.29, 1.82) is 0 Å². The molecule has 1 saturated heterocycles. The number of hydrogen-bond acceptors (Lipinski definition) is 3. The third-order valence-electron chi connectivity index (χ3n) is 5.12. The van der Waals surface area contributed by atoms with Gasteiger partial charge in [0.25, 0.3) is 0 Å². The minimum atomic E-state index is 0.145. The van der Waals surface area contributed by atoms with Crippen LogP contribution < -0.4 is 4.74 Å². The quantitative estimate of drug-likeness (QED) is 0.447. The standard InChI is InChI=1S/C24H31NO2S/c1-2-3-4-5-9-12-23(26)25-17-18-28-24(25)21-13-15-22(16-14-21)27-19-20-10-7-6-8-11-20/h6-8,10-11,13-16,24H,2-5,9,12,17-19H2,1H3. The van der Waals surface area contributed by atoms with Crippen LogP contribution in [0.4, 0.5) is 0 Å². The van der Waals surface area contributed by atoms with E-state index < -0.39 is 0 Å². The number of hydrogen-bond donors (Lipinski definition) is 0. The van der Waals surface area contributed by atoms with Crippen molar-refractivity contribution in [3.8, 4) is 5.75 Å². The Hall–Kier alpha value is -1.94. The van der Waals surface area contributed by atoms with Gasteiger partial charge in [-0.1, -0.05) is 75.1 Å². The van der Waals surface area contributed by atoms with E-state index in [-0.39, 0.29) is 5.37 Å². The zero-order valence-electron chi connectivity index (χ0n) is 16.8. The Labute approximate surface area is 173 Å². The Kier molecular flexibility index (Phi) is 8.28. The normalized spacial score (nSPS) is 16.3. The number of carbonyl (C=O) groups excluding carboxylic acids is 1. The Morgan fingerprint density at radius 2 is 1.79 bits per heavy atom. The molecule has 1 heterocycles. The molecule has 0 spiro atoms. The first-order valence-corrected chi connectivity index (χ1v) is 11.5. The molecule has 0 aromatic heterocycles. The highest BCUT2D eigenvalue weighted by Gasteiger charge is 2.30. The van der Waals surface area contributed by atoms with E-state index >= 15 is 0 Å². The fraction of sp³-hybridized carbons (Fsp3) is 0.458. The number of benzene rings is 2. The first-order valence-electron chi connectivity index (χ1n) is 10.5. The molecule has 2 aromatic rings. The molecule has 150 valence electrons. The second kappa shape index (κ2) is 11.2. The predicted octanol–water partition coefficient (Wildman–Crippen LogP) is 6.20. The van der Waals surface area contributed by atoms with Gasteiger partial charge < -0.3 is 9.64 Å². The van der Waals surface area contributed by atoms with Crippen LogP contribution in [0.5, 0.6) is 5.75 Å². The average Bonchev–Trinajstić information content (AvgIpc) is 3.23. The summed E-state index contributed by atoms with van der Waals surface area (Å²) in [6.07, 6.45) is 6.61.